The van der Waals surface area contributed by atoms with Crippen molar-refractivity contribution in [2.24, 2.45) is 5.41 Å². The van der Waals surface area contributed by atoms with E-state index in [0.717, 1.165) is 5.39 Å². The summed E-state index contributed by atoms with van der Waals surface area (Å²) in [6.07, 6.45) is 0.588. The standard InChI is InChI=1S/C15H15FN2O2/c1-15(14(19)20)6-7-18(9-15)13-5-3-10-2-4-11(16)8-12(10)17-13/h2-5,8H,6-7,9H2,1H3,(H,19,20). The number of carboxylic acid groups (broad SMARTS) is 1. The van der Waals surface area contributed by atoms with E-state index >= 15 is 0 Å². The van der Waals surface area contributed by atoms with Crippen LogP contribution < -0.4 is 4.90 Å². The van der Waals surface area contributed by atoms with Crippen molar-refractivity contribution in [1.82, 2.24) is 4.98 Å². The molecule has 1 unspecified atom stereocenters. The summed E-state index contributed by atoms with van der Waals surface area (Å²) >= 11 is 0. The van der Waals surface area contributed by atoms with E-state index in [9.17, 15) is 14.3 Å². The molecule has 1 aromatic heterocycles. The van der Waals surface area contributed by atoms with Gasteiger partial charge in [0.15, 0.2) is 0 Å². The quantitative estimate of drug-likeness (QED) is 0.914. The van der Waals surface area contributed by atoms with E-state index in [-0.39, 0.29) is 5.82 Å². The third kappa shape index (κ3) is 2.09. The van der Waals surface area contributed by atoms with E-state index in [2.05, 4.69) is 4.98 Å². The van der Waals surface area contributed by atoms with Crippen molar-refractivity contribution in [3.05, 3.63) is 36.1 Å². The van der Waals surface area contributed by atoms with Crippen LogP contribution in [0.25, 0.3) is 10.9 Å². The van der Waals surface area contributed by atoms with Crippen molar-refractivity contribution in [1.29, 1.82) is 0 Å². The van der Waals surface area contributed by atoms with Gasteiger partial charge in [-0.25, -0.2) is 9.37 Å². The lowest BCUT2D eigenvalue weighted by atomic mass is 9.90. The molecule has 0 aliphatic carbocycles. The van der Waals surface area contributed by atoms with Gasteiger partial charge in [-0.2, -0.15) is 0 Å². The van der Waals surface area contributed by atoms with Crippen LogP contribution in [0.3, 0.4) is 0 Å². The first kappa shape index (κ1) is 12.8. The lowest BCUT2D eigenvalue weighted by Gasteiger charge is -2.21. The Labute approximate surface area is 115 Å². The van der Waals surface area contributed by atoms with Gasteiger partial charge in [-0.05, 0) is 37.6 Å². The maximum Gasteiger partial charge on any atom is 0.311 e. The van der Waals surface area contributed by atoms with Crippen molar-refractivity contribution in [2.45, 2.75) is 13.3 Å². The van der Waals surface area contributed by atoms with Gasteiger partial charge in [0.1, 0.15) is 11.6 Å². The maximum atomic E-state index is 13.2. The first-order valence-corrected chi connectivity index (χ1v) is 6.53. The molecule has 3 rings (SSSR count). The number of hydrogen-bond acceptors (Lipinski definition) is 3. The lowest BCUT2D eigenvalue weighted by Crippen LogP contribution is -2.31. The number of pyridine rings is 1. The topological polar surface area (TPSA) is 53.4 Å². The van der Waals surface area contributed by atoms with Gasteiger partial charge in [-0.1, -0.05) is 0 Å². The Morgan fingerprint density at radius 3 is 2.85 bits per heavy atom. The summed E-state index contributed by atoms with van der Waals surface area (Å²) in [4.78, 5) is 17.6. The Balaban J connectivity index is 1.94. The molecule has 1 aliphatic heterocycles. The average Bonchev–Trinajstić information content (AvgIpc) is 2.82. The molecule has 1 aliphatic rings. The molecule has 0 spiro atoms. The molecule has 1 atom stereocenters. The van der Waals surface area contributed by atoms with Crippen molar-refractivity contribution < 1.29 is 14.3 Å². The molecule has 2 heterocycles. The minimum Gasteiger partial charge on any atom is -0.481 e. The normalized spacial score (nSPS) is 22.4. The highest BCUT2D eigenvalue weighted by molar-refractivity contribution is 5.81. The minimum absolute atomic E-state index is 0.320. The fourth-order valence-electron chi connectivity index (χ4n) is 2.59. The van der Waals surface area contributed by atoms with Crippen molar-refractivity contribution in [3.63, 3.8) is 0 Å². The van der Waals surface area contributed by atoms with E-state index in [0.29, 0.717) is 30.8 Å². The van der Waals surface area contributed by atoms with E-state index in [4.69, 9.17) is 0 Å². The van der Waals surface area contributed by atoms with Gasteiger partial charge in [-0.3, -0.25) is 4.79 Å². The number of rotatable bonds is 2. The summed E-state index contributed by atoms with van der Waals surface area (Å²) < 4.78 is 13.2. The zero-order valence-electron chi connectivity index (χ0n) is 11.1. The van der Waals surface area contributed by atoms with Crippen molar-refractivity contribution >= 4 is 22.7 Å². The van der Waals surface area contributed by atoms with Crippen LogP contribution in [0.5, 0.6) is 0 Å². The Kier molecular flexibility index (Phi) is 2.85. The van der Waals surface area contributed by atoms with Crippen LogP contribution >= 0.6 is 0 Å². The number of anilines is 1. The largest absolute Gasteiger partial charge is 0.481 e. The van der Waals surface area contributed by atoms with Crippen molar-refractivity contribution in [2.75, 3.05) is 18.0 Å². The number of nitrogens with zero attached hydrogens (tertiary/aromatic N) is 2. The minimum atomic E-state index is -0.785. The lowest BCUT2D eigenvalue weighted by molar-refractivity contribution is -0.146. The molecular formula is C15H15FN2O2. The van der Waals surface area contributed by atoms with Gasteiger partial charge < -0.3 is 10.0 Å². The molecule has 20 heavy (non-hydrogen) atoms. The summed E-state index contributed by atoms with van der Waals surface area (Å²) in [5.41, 5.74) is -0.148. The van der Waals surface area contributed by atoms with Crippen molar-refractivity contribution in [3.8, 4) is 0 Å². The third-order valence-electron chi connectivity index (χ3n) is 3.95. The first-order chi connectivity index (χ1) is 9.48. The molecule has 0 bridgehead atoms. The smallest absolute Gasteiger partial charge is 0.311 e. The number of benzene rings is 1. The molecule has 0 saturated carbocycles. The van der Waals surface area contributed by atoms with Gasteiger partial charge in [0, 0.05) is 24.5 Å². The molecule has 0 amide bonds. The van der Waals surface area contributed by atoms with Crippen LogP contribution in [0.4, 0.5) is 10.2 Å². The highest BCUT2D eigenvalue weighted by atomic mass is 19.1. The second-order valence-electron chi connectivity index (χ2n) is 5.54. The molecular weight excluding hydrogens is 259 g/mol. The number of aliphatic carboxylic acids is 1. The molecule has 1 aromatic carbocycles. The highest BCUT2D eigenvalue weighted by Crippen LogP contribution is 2.33. The van der Waals surface area contributed by atoms with Crippen LogP contribution in [0.15, 0.2) is 30.3 Å². The Hall–Kier alpha value is -2.17. The number of fused-ring (bicyclic) bond motifs is 1. The SMILES string of the molecule is CC1(C(=O)O)CCN(c2ccc3ccc(F)cc3n2)C1. The van der Waals surface area contributed by atoms with E-state index in [1.165, 1.54) is 12.1 Å². The van der Waals surface area contributed by atoms with Gasteiger partial charge >= 0.3 is 5.97 Å². The molecule has 2 aromatic rings. The summed E-state index contributed by atoms with van der Waals surface area (Å²) in [7, 11) is 0. The Bertz CT molecular complexity index is 689. The zero-order valence-corrected chi connectivity index (χ0v) is 11.1. The molecule has 0 radical (unpaired) electrons. The van der Waals surface area contributed by atoms with E-state index in [1.807, 2.05) is 17.0 Å². The first-order valence-electron chi connectivity index (χ1n) is 6.53. The van der Waals surface area contributed by atoms with Gasteiger partial charge in [0.25, 0.3) is 0 Å². The van der Waals surface area contributed by atoms with Crippen LogP contribution in [0.1, 0.15) is 13.3 Å². The molecule has 1 fully saturated rings. The highest BCUT2D eigenvalue weighted by Gasteiger charge is 2.40. The Morgan fingerprint density at radius 1 is 1.40 bits per heavy atom. The van der Waals surface area contributed by atoms with Gasteiger partial charge in [0.05, 0.1) is 10.9 Å². The summed E-state index contributed by atoms with van der Waals surface area (Å²) in [6.45, 7) is 2.82. The fraction of sp³-hybridized carbons (Fsp3) is 0.333. The fourth-order valence-corrected chi connectivity index (χ4v) is 2.59. The average molecular weight is 274 g/mol. The number of carbonyl (C=O) groups is 1. The molecule has 1 N–H and O–H groups in total. The molecule has 1 saturated heterocycles. The number of carboxylic acids is 1. The monoisotopic (exact) mass is 274 g/mol. The third-order valence-corrected chi connectivity index (χ3v) is 3.95. The molecule has 4 nitrogen and oxygen atoms in total. The molecule has 104 valence electrons. The number of hydrogen-bond donors (Lipinski definition) is 1. The zero-order chi connectivity index (χ0) is 14.3. The predicted octanol–water partition coefficient (Wildman–Crippen LogP) is 2.67. The number of halogens is 1. The maximum absolute atomic E-state index is 13.2. The summed E-state index contributed by atoms with van der Waals surface area (Å²) in [5.74, 6) is -0.404. The van der Waals surface area contributed by atoms with Crippen LogP contribution in [0.2, 0.25) is 0 Å². The summed E-state index contributed by atoms with van der Waals surface area (Å²) in [6, 6.07) is 8.22. The second kappa shape index (κ2) is 4.44. The molecule has 5 heteroatoms. The van der Waals surface area contributed by atoms with Crippen LogP contribution in [0, 0.1) is 11.2 Å². The van der Waals surface area contributed by atoms with Crippen LogP contribution in [-0.4, -0.2) is 29.1 Å². The van der Waals surface area contributed by atoms with Gasteiger partial charge in [0.2, 0.25) is 0 Å². The predicted molar refractivity (Wildman–Crippen MR) is 74.3 cm³/mol. The summed E-state index contributed by atoms with van der Waals surface area (Å²) in [5, 5.41) is 10.1. The number of aromatic nitrogens is 1. The Morgan fingerprint density at radius 2 is 2.15 bits per heavy atom. The second-order valence-corrected chi connectivity index (χ2v) is 5.54. The van der Waals surface area contributed by atoms with Crippen LogP contribution in [-0.2, 0) is 4.79 Å². The van der Waals surface area contributed by atoms with Gasteiger partial charge in [-0.15, -0.1) is 0 Å². The van der Waals surface area contributed by atoms with E-state index < -0.39 is 11.4 Å². The van der Waals surface area contributed by atoms with E-state index in [1.54, 1.807) is 13.0 Å².